The van der Waals surface area contributed by atoms with E-state index in [4.69, 9.17) is 18.0 Å². The summed E-state index contributed by atoms with van der Waals surface area (Å²) in [5.41, 5.74) is 6.87. The topological polar surface area (TPSA) is 32.5 Å². The van der Waals surface area contributed by atoms with Crippen LogP contribution >= 0.6 is 12.2 Å². The summed E-state index contributed by atoms with van der Waals surface area (Å²) in [7, 11) is 0. The van der Waals surface area contributed by atoms with Gasteiger partial charge in [0.1, 0.15) is 0 Å². The summed E-state index contributed by atoms with van der Waals surface area (Å²) in [6, 6.07) is 10.4. The highest BCUT2D eigenvalue weighted by Gasteiger charge is 2.17. The molecule has 0 bridgehead atoms. The quantitative estimate of drug-likeness (QED) is 0.719. The molecule has 15 heavy (non-hydrogen) atoms. The van der Waals surface area contributed by atoms with Gasteiger partial charge in [-0.1, -0.05) is 18.2 Å². The maximum absolute atomic E-state index is 5.59. The van der Waals surface area contributed by atoms with E-state index in [0.717, 1.165) is 26.2 Å². The van der Waals surface area contributed by atoms with Crippen LogP contribution < -0.4 is 10.6 Å². The van der Waals surface area contributed by atoms with Crippen molar-refractivity contribution >= 4 is 23.0 Å². The number of nitrogens with two attached hydrogens (primary N) is 1. The van der Waals surface area contributed by atoms with Gasteiger partial charge in [-0.15, -0.1) is 0 Å². The molecule has 0 atom stereocenters. The Bertz CT molecular complexity index is 331. The monoisotopic (exact) mass is 221 g/mol. The van der Waals surface area contributed by atoms with Crippen molar-refractivity contribution < 1.29 is 0 Å². The maximum Gasteiger partial charge on any atom is 0.166 e. The maximum atomic E-state index is 5.59. The highest BCUT2D eigenvalue weighted by atomic mass is 32.1. The van der Waals surface area contributed by atoms with Crippen molar-refractivity contribution in [2.75, 3.05) is 31.1 Å². The molecule has 1 aromatic carbocycles. The first kappa shape index (κ1) is 10.2. The Balaban J connectivity index is 1.97. The predicted molar refractivity (Wildman–Crippen MR) is 67.0 cm³/mol. The Kier molecular flexibility index (Phi) is 3.06. The first-order valence-corrected chi connectivity index (χ1v) is 5.52. The molecule has 0 unspecified atom stereocenters. The fraction of sp³-hybridized carbons (Fsp3) is 0.364. The van der Waals surface area contributed by atoms with Crippen molar-refractivity contribution in [3.8, 4) is 0 Å². The van der Waals surface area contributed by atoms with Crippen LogP contribution in [0.3, 0.4) is 0 Å². The highest BCUT2D eigenvalue weighted by molar-refractivity contribution is 7.80. The SMILES string of the molecule is NC(=S)N1CCN(c2ccccc2)CC1. The fourth-order valence-electron chi connectivity index (χ4n) is 1.82. The van der Waals surface area contributed by atoms with Crippen LogP contribution in [0.5, 0.6) is 0 Å². The molecule has 2 rings (SSSR count). The first-order valence-electron chi connectivity index (χ1n) is 5.12. The van der Waals surface area contributed by atoms with Gasteiger partial charge in [0.2, 0.25) is 0 Å². The second-order valence-corrected chi connectivity index (χ2v) is 4.07. The Morgan fingerprint density at radius 3 is 2.20 bits per heavy atom. The molecule has 0 aliphatic carbocycles. The summed E-state index contributed by atoms with van der Waals surface area (Å²) in [6.07, 6.45) is 0. The molecule has 1 fully saturated rings. The van der Waals surface area contributed by atoms with E-state index >= 15 is 0 Å². The molecule has 1 heterocycles. The van der Waals surface area contributed by atoms with Crippen LogP contribution in [0.2, 0.25) is 0 Å². The van der Waals surface area contributed by atoms with Crippen LogP contribution in [0.15, 0.2) is 30.3 Å². The lowest BCUT2D eigenvalue weighted by Gasteiger charge is -2.36. The summed E-state index contributed by atoms with van der Waals surface area (Å²) >= 11 is 4.96. The number of thiocarbonyl (C=S) groups is 1. The Morgan fingerprint density at radius 2 is 1.67 bits per heavy atom. The summed E-state index contributed by atoms with van der Waals surface area (Å²) in [5, 5.41) is 0.516. The normalized spacial score (nSPS) is 16.5. The molecule has 2 N–H and O–H groups in total. The lowest BCUT2D eigenvalue weighted by atomic mass is 10.2. The number of anilines is 1. The van der Waals surface area contributed by atoms with Gasteiger partial charge in [0.05, 0.1) is 0 Å². The van der Waals surface area contributed by atoms with Crippen LogP contribution in [0.1, 0.15) is 0 Å². The number of hydrogen-bond donors (Lipinski definition) is 1. The van der Waals surface area contributed by atoms with E-state index in [1.807, 2.05) is 6.07 Å². The molecule has 1 saturated heterocycles. The fourth-order valence-corrected chi connectivity index (χ4v) is 2.01. The van der Waals surface area contributed by atoms with Crippen LogP contribution in [-0.4, -0.2) is 36.2 Å². The van der Waals surface area contributed by atoms with Gasteiger partial charge < -0.3 is 15.5 Å². The molecule has 0 amide bonds. The van der Waals surface area contributed by atoms with Gasteiger partial charge in [-0.2, -0.15) is 0 Å². The summed E-state index contributed by atoms with van der Waals surface area (Å²) in [5.74, 6) is 0. The van der Waals surface area contributed by atoms with Crippen molar-refractivity contribution in [2.45, 2.75) is 0 Å². The molecule has 4 heteroatoms. The third-order valence-electron chi connectivity index (χ3n) is 2.71. The summed E-state index contributed by atoms with van der Waals surface area (Å²) in [6.45, 7) is 3.82. The minimum absolute atomic E-state index is 0.516. The van der Waals surface area contributed by atoms with Crippen molar-refractivity contribution in [1.82, 2.24) is 4.90 Å². The van der Waals surface area contributed by atoms with Gasteiger partial charge in [0, 0.05) is 31.9 Å². The average Bonchev–Trinajstić information content (AvgIpc) is 2.30. The molecular weight excluding hydrogens is 206 g/mol. The average molecular weight is 221 g/mol. The standard InChI is InChI=1S/C11H15N3S/c12-11(15)14-8-6-13(7-9-14)10-4-2-1-3-5-10/h1-5H,6-9H2,(H2,12,15). The van der Waals surface area contributed by atoms with Crippen molar-refractivity contribution in [3.63, 3.8) is 0 Å². The summed E-state index contributed by atoms with van der Waals surface area (Å²) in [4.78, 5) is 4.41. The van der Waals surface area contributed by atoms with Crippen LogP contribution in [0.25, 0.3) is 0 Å². The molecule has 0 radical (unpaired) electrons. The van der Waals surface area contributed by atoms with Crippen molar-refractivity contribution in [2.24, 2.45) is 5.73 Å². The molecule has 80 valence electrons. The third kappa shape index (κ3) is 2.39. The number of hydrogen-bond acceptors (Lipinski definition) is 2. The van der Waals surface area contributed by atoms with Crippen LogP contribution in [0.4, 0.5) is 5.69 Å². The first-order chi connectivity index (χ1) is 7.27. The van der Waals surface area contributed by atoms with E-state index in [1.54, 1.807) is 0 Å². The zero-order valence-electron chi connectivity index (χ0n) is 8.60. The second kappa shape index (κ2) is 4.49. The minimum atomic E-state index is 0.516. The zero-order chi connectivity index (χ0) is 10.7. The zero-order valence-corrected chi connectivity index (χ0v) is 9.41. The van der Waals surface area contributed by atoms with Gasteiger partial charge in [0.15, 0.2) is 5.11 Å². The van der Waals surface area contributed by atoms with E-state index < -0.39 is 0 Å². The van der Waals surface area contributed by atoms with Gasteiger partial charge in [-0.25, -0.2) is 0 Å². The molecule has 0 spiro atoms. The van der Waals surface area contributed by atoms with Crippen LogP contribution in [0, 0.1) is 0 Å². The van der Waals surface area contributed by atoms with E-state index in [2.05, 4.69) is 34.1 Å². The van der Waals surface area contributed by atoms with Crippen molar-refractivity contribution in [1.29, 1.82) is 0 Å². The Labute approximate surface area is 95.5 Å². The molecular formula is C11H15N3S. The number of piperazine rings is 1. The van der Waals surface area contributed by atoms with E-state index in [1.165, 1.54) is 5.69 Å². The number of nitrogens with zero attached hydrogens (tertiary/aromatic N) is 2. The Morgan fingerprint density at radius 1 is 1.07 bits per heavy atom. The second-order valence-electron chi connectivity index (χ2n) is 3.65. The predicted octanol–water partition coefficient (Wildman–Crippen LogP) is 1.05. The van der Waals surface area contributed by atoms with Gasteiger partial charge >= 0.3 is 0 Å². The molecule has 0 aromatic heterocycles. The van der Waals surface area contributed by atoms with E-state index in [-0.39, 0.29) is 0 Å². The number of rotatable bonds is 1. The Hall–Kier alpha value is -1.29. The molecule has 1 aromatic rings. The van der Waals surface area contributed by atoms with Gasteiger partial charge in [0.25, 0.3) is 0 Å². The highest BCUT2D eigenvalue weighted by Crippen LogP contribution is 2.15. The molecule has 3 nitrogen and oxygen atoms in total. The minimum Gasteiger partial charge on any atom is -0.376 e. The van der Waals surface area contributed by atoms with E-state index in [9.17, 15) is 0 Å². The lowest BCUT2D eigenvalue weighted by Crippen LogP contribution is -2.50. The van der Waals surface area contributed by atoms with Gasteiger partial charge in [-0.3, -0.25) is 0 Å². The molecule has 1 aliphatic rings. The smallest absolute Gasteiger partial charge is 0.166 e. The van der Waals surface area contributed by atoms with Gasteiger partial charge in [-0.05, 0) is 24.4 Å². The molecule has 1 aliphatic heterocycles. The third-order valence-corrected chi connectivity index (χ3v) is 2.97. The number of benzene rings is 1. The van der Waals surface area contributed by atoms with E-state index in [0.29, 0.717) is 5.11 Å². The molecule has 0 saturated carbocycles. The van der Waals surface area contributed by atoms with Crippen LogP contribution in [-0.2, 0) is 0 Å². The summed E-state index contributed by atoms with van der Waals surface area (Å²) < 4.78 is 0. The number of para-hydroxylation sites is 1. The van der Waals surface area contributed by atoms with Crippen molar-refractivity contribution in [3.05, 3.63) is 30.3 Å². The largest absolute Gasteiger partial charge is 0.376 e. The lowest BCUT2D eigenvalue weighted by molar-refractivity contribution is 0.388.